The van der Waals surface area contributed by atoms with Crippen molar-refractivity contribution in [2.75, 3.05) is 36.0 Å². The lowest BCUT2D eigenvalue weighted by Gasteiger charge is -2.26. The number of rotatable bonds is 3. The molecule has 1 aromatic carbocycles. The normalized spacial score (nSPS) is 23.4. The summed E-state index contributed by atoms with van der Waals surface area (Å²) in [6.45, 7) is 3.55. The summed E-state index contributed by atoms with van der Waals surface area (Å²) in [4.78, 5) is 16.5. The zero-order chi connectivity index (χ0) is 13.2. The van der Waals surface area contributed by atoms with Crippen molar-refractivity contribution in [2.45, 2.75) is 19.3 Å². The molecule has 2 fully saturated rings. The number of benzene rings is 1. The summed E-state index contributed by atoms with van der Waals surface area (Å²) >= 11 is 0. The third kappa shape index (κ3) is 2.32. The predicted molar refractivity (Wildman–Crippen MR) is 77.4 cm³/mol. The third-order valence-corrected chi connectivity index (χ3v) is 4.16. The van der Waals surface area contributed by atoms with Crippen LogP contribution in [0.1, 0.15) is 19.3 Å². The fourth-order valence-electron chi connectivity index (χ4n) is 3.09. The number of amides is 1. The monoisotopic (exact) mass is 259 g/mol. The van der Waals surface area contributed by atoms with Gasteiger partial charge in [-0.2, -0.15) is 0 Å². The van der Waals surface area contributed by atoms with Crippen molar-refractivity contribution in [3.8, 4) is 0 Å². The van der Waals surface area contributed by atoms with Crippen molar-refractivity contribution < 1.29 is 4.79 Å². The van der Waals surface area contributed by atoms with Crippen LogP contribution < -0.4 is 15.5 Å². The van der Waals surface area contributed by atoms with Crippen LogP contribution in [-0.2, 0) is 4.79 Å². The van der Waals surface area contributed by atoms with E-state index in [4.69, 9.17) is 5.73 Å². The summed E-state index contributed by atoms with van der Waals surface area (Å²) < 4.78 is 0. The molecular formula is C15H21N3O. The highest BCUT2D eigenvalue weighted by Crippen LogP contribution is 2.34. The van der Waals surface area contributed by atoms with E-state index in [0.29, 0.717) is 18.9 Å². The van der Waals surface area contributed by atoms with Gasteiger partial charge in [0.15, 0.2) is 0 Å². The molecule has 1 amide bonds. The molecule has 0 radical (unpaired) electrons. The van der Waals surface area contributed by atoms with E-state index in [9.17, 15) is 4.79 Å². The summed E-state index contributed by atoms with van der Waals surface area (Å²) in [6.07, 6.45) is 3.08. The molecule has 1 atom stereocenters. The van der Waals surface area contributed by atoms with E-state index in [1.165, 1.54) is 18.5 Å². The number of hydrogen-bond acceptors (Lipinski definition) is 3. The van der Waals surface area contributed by atoms with Crippen LogP contribution in [0.2, 0.25) is 0 Å². The zero-order valence-electron chi connectivity index (χ0n) is 11.2. The lowest BCUT2D eigenvalue weighted by molar-refractivity contribution is -0.117. The number of nitrogens with two attached hydrogens (primary N) is 1. The topological polar surface area (TPSA) is 49.6 Å². The van der Waals surface area contributed by atoms with Gasteiger partial charge in [-0.05, 0) is 37.4 Å². The van der Waals surface area contributed by atoms with Crippen LogP contribution in [0.4, 0.5) is 11.4 Å². The number of hydrogen-bond donors (Lipinski definition) is 1. The molecule has 2 saturated heterocycles. The maximum Gasteiger partial charge on any atom is 0.227 e. The predicted octanol–water partition coefficient (Wildman–Crippen LogP) is 1.60. The molecule has 2 aliphatic rings. The van der Waals surface area contributed by atoms with E-state index in [1.54, 1.807) is 0 Å². The Hall–Kier alpha value is -1.55. The first-order chi connectivity index (χ1) is 9.29. The Labute approximate surface area is 114 Å². The van der Waals surface area contributed by atoms with Gasteiger partial charge in [0.05, 0.1) is 11.4 Å². The molecule has 4 nitrogen and oxygen atoms in total. The largest absolute Gasteiger partial charge is 0.370 e. The van der Waals surface area contributed by atoms with Crippen molar-refractivity contribution in [1.82, 2.24) is 0 Å². The van der Waals surface area contributed by atoms with Gasteiger partial charge >= 0.3 is 0 Å². The van der Waals surface area contributed by atoms with Gasteiger partial charge in [0.25, 0.3) is 0 Å². The molecule has 0 aliphatic carbocycles. The molecule has 2 heterocycles. The number of nitrogens with zero attached hydrogens (tertiary/aromatic N) is 2. The molecule has 0 saturated carbocycles. The third-order valence-electron chi connectivity index (χ3n) is 4.16. The van der Waals surface area contributed by atoms with Crippen molar-refractivity contribution in [1.29, 1.82) is 0 Å². The smallest absolute Gasteiger partial charge is 0.227 e. The fourth-order valence-corrected chi connectivity index (χ4v) is 3.09. The van der Waals surface area contributed by atoms with Crippen LogP contribution in [0.5, 0.6) is 0 Å². The van der Waals surface area contributed by atoms with Crippen molar-refractivity contribution >= 4 is 17.3 Å². The van der Waals surface area contributed by atoms with E-state index in [0.717, 1.165) is 25.3 Å². The summed E-state index contributed by atoms with van der Waals surface area (Å²) in [5.74, 6) is 0.515. The highest BCUT2D eigenvalue weighted by molar-refractivity contribution is 5.99. The van der Waals surface area contributed by atoms with Gasteiger partial charge in [0.1, 0.15) is 0 Å². The van der Waals surface area contributed by atoms with Crippen molar-refractivity contribution in [3.63, 3.8) is 0 Å². The van der Waals surface area contributed by atoms with E-state index >= 15 is 0 Å². The highest BCUT2D eigenvalue weighted by Gasteiger charge is 2.31. The Kier molecular flexibility index (Phi) is 3.42. The van der Waals surface area contributed by atoms with Gasteiger partial charge in [-0.1, -0.05) is 12.1 Å². The van der Waals surface area contributed by atoms with Crippen LogP contribution in [0, 0.1) is 5.92 Å². The van der Waals surface area contributed by atoms with Gasteiger partial charge in [-0.15, -0.1) is 0 Å². The lowest BCUT2D eigenvalue weighted by atomic mass is 10.1. The Bertz CT molecular complexity index is 468. The summed E-state index contributed by atoms with van der Waals surface area (Å²) in [5.41, 5.74) is 7.97. The summed E-state index contributed by atoms with van der Waals surface area (Å²) in [6, 6.07) is 8.25. The van der Waals surface area contributed by atoms with Gasteiger partial charge < -0.3 is 15.5 Å². The van der Waals surface area contributed by atoms with Crippen LogP contribution in [0.15, 0.2) is 24.3 Å². The standard InChI is InChI=1S/C15H21N3O/c16-10-12-9-15(19)18(11-12)14-6-2-1-5-13(14)17-7-3-4-8-17/h1-2,5-6,12H,3-4,7-11,16H2. The van der Waals surface area contributed by atoms with Crippen LogP contribution in [0.25, 0.3) is 0 Å². The van der Waals surface area contributed by atoms with Crippen LogP contribution in [-0.4, -0.2) is 32.1 Å². The highest BCUT2D eigenvalue weighted by atomic mass is 16.2. The SMILES string of the molecule is NCC1CC(=O)N(c2ccccc2N2CCCC2)C1. The second-order valence-electron chi connectivity index (χ2n) is 5.49. The average molecular weight is 259 g/mol. The summed E-state index contributed by atoms with van der Waals surface area (Å²) in [7, 11) is 0. The fraction of sp³-hybridized carbons (Fsp3) is 0.533. The molecule has 0 spiro atoms. The summed E-state index contributed by atoms with van der Waals surface area (Å²) in [5, 5.41) is 0. The van der Waals surface area contributed by atoms with Crippen molar-refractivity contribution in [3.05, 3.63) is 24.3 Å². The van der Waals surface area contributed by atoms with Gasteiger partial charge in [-0.3, -0.25) is 4.79 Å². The lowest BCUT2D eigenvalue weighted by Crippen LogP contribution is -2.28. The molecule has 0 aromatic heterocycles. The molecule has 0 bridgehead atoms. The van der Waals surface area contributed by atoms with E-state index < -0.39 is 0 Å². The molecular weight excluding hydrogens is 238 g/mol. The zero-order valence-corrected chi connectivity index (χ0v) is 11.2. The van der Waals surface area contributed by atoms with E-state index in [2.05, 4.69) is 23.1 Å². The molecule has 19 heavy (non-hydrogen) atoms. The van der Waals surface area contributed by atoms with Crippen LogP contribution >= 0.6 is 0 Å². The first kappa shape index (κ1) is 12.5. The first-order valence-corrected chi connectivity index (χ1v) is 7.14. The van der Waals surface area contributed by atoms with Gasteiger partial charge in [0, 0.05) is 26.1 Å². The minimum Gasteiger partial charge on any atom is -0.370 e. The number of carbonyl (C=O) groups excluding carboxylic acids is 1. The second-order valence-corrected chi connectivity index (χ2v) is 5.49. The average Bonchev–Trinajstić information content (AvgIpc) is 3.08. The number of carbonyl (C=O) groups is 1. The maximum atomic E-state index is 12.2. The minimum atomic E-state index is 0.210. The van der Waals surface area contributed by atoms with E-state index in [-0.39, 0.29) is 5.91 Å². The molecule has 3 rings (SSSR count). The van der Waals surface area contributed by atoms with Gasteiger partial charge in [0.2, 0.25) is 5.91 Å². The van der Waals surface area contributed by atoms with Crippen LogP contribution in [0.3, 0.4) is 0 Å². The maximum absolute atomic E-state index is 12.2. The Balaban J connectivity index is 1.90. The molecule has 2 aliphatic heterocycles. The van der Waals surface area contributed by atoms with E-state index in [1.807, 2.05) is 11.0 Å². The first-order valence-electron chi connectivity index (χ1n) is 7.14. The molecule has 4 heteroatoms. The number of para-hydroxylation sites is 2. The van der Waals surface area contributed by atoms with Crippen molar-refractivity contribution in [2.24, 2.45) is 11.7 Å². The molecule has 2 N–H and O–H groups in total. The molecule has 102 valence electrons. The Morgan fingerprint density at radius 2 is 1.84 bits per heavy atom. The molecule has 1 unspecified atom stereocenters. The number of anilines is 2. The Morgan fingerprint density at radius 1 is 1.16 bits per heavy atom. The minimum absolute atomic E-state index is 0.210. The Morgan fingerprint density at radius 3 is 2.47 bits per heavy atom. The quantitative estimate of drug-likeness (QED) is 0.897. The molecule has 1 aromatic rings. The second kappa shape index (κ2) is 5.21. The van der Waals surface area contributed by atoms with Gasteiger partial charge in [-0.25, -0.2) is 0 Å².